The van der Waals surface area contributed by atoms with Crippen LogP contribution in [-0.4, -0.2) is 22.6 Å². The van der Waals surface area contributed by atoms with Crippen LogP contribution in [-0.2, 0) is 9.53 Å². The van der Waals surface area contributed by atoms with Crippen LogP contribution in [0, 0.1) is 6.92 Å². The van der Waals surface area contributed by atoms with Gasteiger partial charge < -0.3 is 10.5 Å². The van der Waals surface area contributed by atoms with Gasteiger partial charge >= 0.3 is 6.09 Å². The standard InChI is InChI=1S/C19H23N3O3/c1-12-14(16(17(20)23)13-8-6-5-7-9-13)10-11-15(21-12)22-18(24)25-19(2,3)4/h5-11,16H,1-4H3,(H2,20,23)(H,21,22,24). The fourth-order valence-corrected chi connectivity index (χ4v) is 2.50. The molecule has 0 aliphatic rings. The Balaban J connectivity index is 2.26. The SMILES string of the molecule is Cc1nc(NC(=O)OC(C)(C)C)ccc1C(C(N)=O)c1ccccc1. The Morgan fingerprint density at radius 3 is 2.28 bits per heavy atom. The topological polar surface area (TPSA) is 94.3 Å². The van der Waals surface area contributed by atoms with Crippen molar-refractivity contribution in [2.75, 3.05) is 5.32 Å². The van der Waals surface area contributed by atoms with Gasteiger partial charge in [0.1, 0.15) is 11.4 Å². The van der Waals surface area contributed by atoms with Crippen molar-refractivity contribution >= 4 is 17.8 Å². The number of pyridine rings is 1. The van der Waals surface area contributed by atoms with E-state index in [1.54, 1.807) is 39.8 Å². The molecule has 2 aromatic rings. The molecule has 0 aliphatic heterocycles. The Morgan fingerprint density at radius 2 is 1.76 bits per heavy atom. The number of ether oxygens (including phenoxy) is 1. The van der Waals surface area contributed by atoms with Gasteiger partial charge in [0.25, 0.3) is 0 Å². The fourth-order valence-electron chi connectivity index (χ4n) is 2.50. The van der Waals surface area contributed by atoms with Crippen LogP contribution >= 0.6 is 0 Å². The Kier molecular flexibility index (Phi) is 5.41. The summed E-state index contributed by atoms with van der Waals surface area (Å²) in [5, 5.41) is 2.59. The minimum Gasteiger partial charge on any atom is -0.444 e. The van der Waals surface area contributed by atoms with Crippen molar-refractivity contribution in [3.63, 3.8) is 0 Å². The van der Waals surface area contributed by atoms with Gasteiger partial charge in [-0.2, -0.15) is 0 Å². The number of aromatic nitrogens is 1. The summed E-state index contributed by atoms with van der Waals surface area (Å²) in [6, 6.07) is 12.7. The first-order valence-electron chi connectivity index (χ1n) is 7.99. The highest BCUT2D eigenvalue weighted by Crippen LogP contribution is 2.27. The first-order valence-corrected chi connectivity index (χ1v) is 7.99. The van der Waals surface area contributed by atoms with Crippen molar-refractivity contribution in [2.24, 2.45) is 5.73 Å². The maximum atomic E-state index is 12.0. The van der Waals surface area contributed by atoms with Crippen molar-refractivity contribution in [1.29, 1.82) is 0 Å². The number of carbonyl (C=O) groups is 2. The Bertz CT molecular complexity index is 767. The van der Waals surface area contributed by atoms with E-state index in [0.29, 0.717) is 17.1 Å². The third kappa shape index (κ3) is 5.04. The fraction of sp³-hybridized carbons (Fsp3) is 0.316. The van der Waals surface area contributed by atoms with E-state index < -0.39 is 23.5 Å². The molecule has 0 radical (unpaired) electrons. The summed E-state index contributed by atoms with van der Waals surface area (Å²) in [5.41, 5.74) is 7.12. The lowest BCUT2D eigenvalue weighted by Gasteiger charge is -2.20. The molecule has 2 amide bonds. The molecule has 0 bridgehead atoms. The van der Waals surface area contributed by atoms with Gasteiger partial charge in [-0.3, -0.25) is 10.1 Å². The van der Waals surface area contributed by atoms with Crippen molar-refractivity contribution in [1.82, 2.24) is 4.98 Å². The van der Waals surface area contributed by atoms with E-state index >= 15 is 0 Å². The summed E-state index contributed by atoms with van der Waals surface area (Å²) < 4.78 is 5.20. The predicted molar refractivity (Wildman–Crippen MR) is 96.3 cm³/mol. The number of hydrogen-bond acceptors (Lipinski definition) is 4. The Morgan fingerprint density at radius 1 is 1.12 bits per heavy atom. The lowest BCUT2D eigenvalue weighted by atomic mass is 9.90. The zero-order valence-electron chi connectivity index (χ0n) is 14.9. The first-order chi connectivity index (χ1) is 11.7. The highest BCUT2D eigenvalue weighted by molar-refractivity contribution is 5.86. The summed E-state index contributed by atoms with van der Waals surface area (Å²) in [6.45, 7) is 7.12. The average Bonchev–Trinajstić information content (AvgIpc) is 2.48. The van der Waals surface area contributed by atoms with Gasteiger partial charge in [0.2, 0.25) is 5.91 Å². The third-order valence-corrected chi connectivity index (χ3v) is 3.48. The summed E-state index contributed by atoms with van der Waals surface area (Å²) in [6.07, 6.45) is -0.582. The second-order valence-electron chi connectivity index (χ2n) is 6.74. The van der Waals surface area contributed by atoms with Crippen LogP contribution in [0.25, 0.3) is 0 Å². The molecule has 6 nitrogen and oxygen atoms in total. The smallest absolute Gasteiger partial charge is 0.413 e. The van der Waals surface area contributed by atoms with Crippen LogP contribution in [0.5, 0.6) is 0 Å². The molecule has 25 heavy (non-hydrogen) atoms. The molecule has 1 atom stereocenters. The van der Waals surface area contributed by atoms with Crippen molar-refractivity contribution in [3.8, 4) is 0 Å². The molecular weight excluding hydrogens is 318 g/mol. The molecule has 132 valence electrons. The molecule has 0 spiro atoms. The molecule has 3 N–H and O–H groups in total. The molecule has 6 heteroatoms. The number of benzene rings is 1. The lowest BCUT2D eigenvalue weighted by Crippen LogP contribution is -2.27. The van der Waals surface area contributed by atoms with Gasteiger partial charge in [-0.25, -0.2) is 9.78 Å². The van der Waals surface area contributed by atoms with E-state index in [2.05, 4.69) is 10.3 Å². The minimum atomic E-state index is -0.594. The monoisotopic (exact) mass is 341 g/mol. The average molecular weight is 341 g/mol. The number of anilines is 1. The number of rotatable bonds is 4. The molecule has 1 heterocycles. The van der Waals surface area contributed by atoms with E-state index in [9.17, 15) is 9.59 Å². The molecule has 1 unspecified atom stereocenters. The molecular formula is C19H23N3O3. The van der Waals surface area contributed by atoms with Crippen LogP contribution in [0.15, 0.2) is 42.5 Å². The van der Waals surface area contributed by atoms with Crippen LogP contribution in [0.2, 0.25) is 0 Å². The van der Waals surface area contributed by atoms with E-state index in [1.165, 1.54) is 0 Å². The Hall–Kier alpha value is -2.89. The number of primary amides is 1. The number of nitrogens with one attached hydrogen (secondary N) is 1. The van der Waals surface area contributed by atoms with Crippen molar-refractivity contribution in [2.45, 2.75) is 39.2 Å². The molecule has 0 fully saturated rings. The van der Waals surface area contributed by atoms with Crippen LogP contribution < -0.4 is 11.1 Å². The van der Waals surface area contributed by atoms with Gasteiger partial charge in [0, 0.05) is 5.69 Å². The second kappa shape index (κ2) is 7.34. The number of nitrogens with two attached hydrogens (primary N) is 1. The molecule has 0 saturated heterocycles. The minimum absolute atomic E-state index is 0.354. The van der Waals surface area contributed by atoms with E-state index in [0.717, 1.165) is 5.56 Å². The summed E-state index contributed by atoms with van der Waals surface area (Å²) >= 11 is 0. The number of amides is 2. The summed E-state index contributed by atoms with van der Waals surface area (Å²) in [7, 11) is 0. The maximum absolute atomic E-state index is 12.0. The first kappa shape index (κ1) is 18.4. The van der Waals surface area contributed by atoms with E-state index in [-0.39, 0.29) is 0 Å². The number of nitrogens with zero attached hydrogens (tertiary/aromatic N) is 1. The second-order valence-corrected chi connectivity index (χ2v) is 6.74. The van der Waals surface area contributed by atoms with Crippen LogP contribution in [0.1, 0.15) is 43.5 Å². The van der Waals surface area contributed by atoms with Crippen LogP contribution in [0.4, 0.5) is 10.6 Å². The number of carbonyl (C=O) groups excluding carboxylic acids is 2. The normalized spacial score (nSPS) is 12.3. The Labute approximate surface area is 147 Å². The van der Waals surface area contributed by atoms with E-state index in [1.807, 2.05) is 30.3 Å². The molecule has 1 aromatic heterocycles. The van der Waals surface area contributed by atoms with Gasteiger partial charge in [0.05, 0.1) is 5.92 Å². The molecule has 0 aliphatic carbocycles. The van der Waals surface area contributed by atoms with E-state index in [4.69, 9.17) is 10.5 Å². The van der Waals surface area contributed by atoms with Crippen LogP contribution in [0.3, 0.4) is 0 Å². The predicted octanol–water partition coefficient (Wildman–Crippen LogP) is 3.35. The largest absolute Gasteiger partial charge is 0.444 e. The highest BCUT2D eigenvalue weighted by atomic mass is 16.6. The number of hydrogen-bond donors (Lipinski definition) is 2. The van der Waals surface area contributed by atoms with Gasteiger partial charge in [0.15, 0.2) is 0 Å². The molecule has 0 saturated carbocycles. The van der Waals surface area contributed by atoms with Gasteiger partial charge in [-0.15, -0.1) is 0 Å². The molecule has 1 aromatic carbocycles. The highest BCUT2D eigenvalue weighted by Gasteiger charge is 2.23. The van der Waals surface area contributed by atoms with Crippen molar-refractivity contribution < 1.29 is 14.3 Å². The van der Waals surface area contributed by atoms with Gasteiger partial charge in [-0.05, 0) is 44.9 Å². The zero-order valence-corrected chi connectivity index (χ0v) is 14.9. The van der Waals surface area contributed by atoms with Gasteiger partial charge in [-0.1, -0.05) is 36.4 Å². The third-order valence-electron chi connectivity index (χ3n) is 3.48. The maximum Gasteiger partial charge on any atom is 0.413 e. The lowest BCUT2D eigenvalue weighted by molar-refractivity contribution is -0.118. The molecule has 2 rings (SSSR count). The summed E-state index contributed by atoms with van der Waals surface area (Å²) in [4.78, 5) is 28.2. The zero-order chi connectivity index (χ0) is 18.6. The van der Waals surface area contributed by atoms with Crippen molar-refractivity contribution in [3.05, 3.63) is 59.3 Å². The quantitative estimate of drug-likeness (QED) is 0.891. The summed E-state index contributed by atoms with van der Waals surface area (Å²) in [5.74, 6) is -0.694. The number of aryl methyl sites for hydroxylation is 1.